The second kappa shape index (κ2) is 6.58. The third-order valence-electron chi connectivity index (χ3n) is 5.44. The molecule has 3 rings (SSSR count). The molecule has 2 aliphatic rings. The molecule has 1 aromatic carbocycles. The van der Waals surface area contributed by atoms with E-state index in [0.29, 0.717) is 13.1 Å². The Morgan fingerprint density at radius 1 is 1.25 bits per heavy atom. The molecule has 0 saturated carbocycles. The van der Waals surface area contributed by atoms with Gasteiger partial charge in [0.25, 0.3) is 0 Å². The van der Waals surface area contributed by atoms with Crippen molar-refractivity contribution in [2.75, 3.05) is 19.6 Å². The number of rotatable bonds is 3. The summed E-state index contributed by atoms with van der Waals surface area (Å²) < 4.78 is 0. The van der Waals surface area contributed by atoms with Crippen LogP contribution in [0.2, 0.25) is 0 Å². The van der Waals surface area contributed by atoms with Gasteiger partial charge in [-0.1, -0.05) is 43.7 Å². The maximum Gasteiger partial charge on any atom is 0.230 e. The molecule has 0 N–H and O–H groups in total. The highest BCUT2D eigenvalue weighted by Gasteiger charge is 2.49. The van der Waals surface area contributed by atoms with Crippen molar-refractivity contribution in [1.29, 1.82) is 0 Å². The molecule has 2 fully saturated rings. The number of benzene rings is 1. The van der Waals surface area contributed by atoms with E-state index in [2.05, 4.69) is 25.1 Å². The molecular weight excluding hydrogens is 300 g/mol. The predicted octanol–water partition coefficient (Wildman–Crippen LogP) is 2.99. The first kappa shape index (κ1) is 17.0. The van der Waals surface area contributed by atoms with Gasteiger partial charge in [0.1, 0.15) is 0 Å². The third kappa shape index (κ3) is 3.19. The fraction of sp³-hybridized carbons (Fsp3) is 0.600. The molecule has 0 unspecified atom stereocenters. The number of amides is 2. The van der Waals surface area contributed by atoms with Crippen LogP contribution in [0.5, 0.6) is 0 Å². The number of carbonyl (C=O) groups excluding carboxylic acids is 2. The summed E-state index contributed by atoms with van der Waals surface area (Å²) in [5.41, 5.74) is 2.07. The Kier molecular flexibility index (Phi) is 4.66. The zero-order chi connectivity index (χ0) is 17.3. The SMILES string of the molecule is Cc1cccc(CN2CCC[C@]3(CCN(C(=O)C(C)C)C3)C2=O)c1. The minimum absolute atomic E-state index is 0.00207. The first-order valence-electron chi connectivity index (χ1n) is 9.05. The van der Waals surface area contributed by atoms with Gasteiger partial charge in [-0.25, -0.2) is 0 Å². The third-order valence-corrected chi connectivity index (χ3v) is 5.44. The number of nitrogens with zero attached hydrogens (tertiary/aromatic N) is 2. The Balaban J connectivity index is 1.72. The van der Waals surface area contributed by atoms with Crippen molar-refractivity contribution in [1.82, 2.24) is 9.80 Å². The summed E-state index contributed by atoms with van der Waals surface area (Å²) in [5, 5.41) is 0. The molecule has 4 nitrogen and oxygen atoms in total. The van der Waals surface area contributed by atoms with Gasteiger partial charge < -0.3 is 9.80 Å². The second-order valence-electron chi connectivity index (χ2n) is 7.76. The van der Waals surface area contributed by atoms with Crippen molar-refractivity contribution < 1.29 is 9.59 Å². The van der Waals surface area contributed by atoms with Crippen molar-refractivity contribution in [3.63, 3.8) is 0 Å². The van der Waals surface area contributed by atoms with E-state index in [1.165, 1.54) is 11.1 Å². The second-order valence-corrected chi connectivity index (χ2v) is 7.76. The summed E-state index contributed by atoms with van der Waals surface area (Å²) in [6.07, 6.45) is 2.76. The van der Waals surface area contributed by atoms with Crippen LogP contribution < -0.4 is 0 Å². The smallest absolute Gasteiger partial charge is 0.230 e. The van der Waals surface area contributed by atoms with Gasteiger partial charge in [-0.05, 0) is 31.7 Å². The highest BCUT2D eigenvalue weighted by Crippen LogP contribution is 2.40. The fourth-order valence-electron chi connectivity index (χ4n) is 4.14. The van der Waals surface area contributed by atoms with Crippen LogP contribution >= 0.6 is 0 Å². The summed E-state index contributed by atoms with van der Waals surface area (Å²) in [6, 6.07) is 8.37. The van der Waals surface area contributed by atoms with Crippen molar-refractivity contribution in [3.8, 4) is 0 Å². The van der Waals surface area contributed by atoms with Crippen molar-refractivity contribution in [2.24, 2.45) is 11.3 Å². The largest absolute Gasteiger partial charge is 0.341 e. The van der Waals surface area contributed by atoms with Crippen LogP contribution in [0.4, 0.5) is 0 Å². The minimum Gasteiger partial charge on any atom is -0.341 e. The summed E-state index contributed by atoms with van der Waals surface area (Å²) in [6.45, 7) is 8.77. The first-order chi connectivity index (χ1) is 11.4. The van der Waals surface area contributed by atoms with Gasteiger partial charge in [0.05, 0.1) is 5.41 Å². The number of hydrogen-bond acceptors (Lipinski definition) is 2. The number of hydrogen-bond donors (Lipinski definition) is 0. The number of aryl methyl sites for hydroxylation is 1. The summed E-state index contributed by atoms with van der Waals surface area (Å²) >= 11 is 0. The van der Waals surface area contributed by atoms with E-state index < -0.39 is 0 Å². The predicted molar refractivity (Wildman–Crippen MR) is 94.3 cm³/mol. The summed E-state index contributed by atoms with van der Waals surface area (Å²) in [4.78, 5) is 29.4. The molecule has 1 atom stereocenters. The van der Waals surface area contributed by atoms with Crippen LogP contribution in [-0.2, 0) is 16.1 Å². The number of piperidine rings is 1. The lowest BCUT2D eigenvalue weighted by Crippen LogP contribution is -2.50. The highest BCUT2D eigenvalue weighted by molar-refractivity contribution is 5.86. The van der Waals surface area contributed by atoms with Gasteiger partial charge in [0, 0.05) is 32.1 Å². The van der Waals surface area contributed by atoms with Gasteiger partial charge in [0.2, 0.25) is 11.8 Å². The van der Waals surface area contributed by atoms with Crippen LogP contribution in [0.3, 0.4) is 0 Å². The van der Waals surface area contributed by atoms with E-state index in [-0.39, 0.29) is 23.1 Å². The van der Waals surface area contributed by atoms with Crippen LogP contribution in [0.25, 0.3) is 0 Å². The maximum atomic E-state index is 13.2. The van der Waals surface area contributed by atoms with Crippen molar-refractivity contribution in [3.05, 3.63) is 35.4 Å². The number of likely N-dealkylation sites (tertiary alicyclic amines) is 2. The molecule has 2 aliphatic heterocycles. The molecule has 2 amide bonds. The molecule has 0 bridgehead atoms. The lowest BCUT2D eigenvalue weighted by atomic mass is 9.78. The lowest BCUT2D eigenvalue weighted by molar-refractivity contribution is -0.147. The highest BCUT2D eigenvalue weighted by atomic mass is 16.2. The topological polar surface area (TPSA) is 40.6 Å². The van der Waals surface area contributed by atoms with Gasteiger partial charge in [-0.2, -0.15) is 0 Å². The fourth-order valence-corrected chi connectivity index (χ4v) is 4.14. The molecule has 24 heavy (non-hydrogen) atoms. The Bertz CT molecular complexity index is 640. The normalized spacial score (nSPS) is 24.2. The molecule has 4 heteroatoms. The standard InChI is InChI=1S/C20H28N2O2/c1-15(2)18(23)22-11-9-20(14-22)8-5-10-21(19(20)24)13-17-7-4-6-16(3)12-17/h4,6-7,12,15H,5,8-11,13-14H2,1-3H3/t20-/m1/s1. The molecule has 0 radical (unpaired) electrons. The minimum atomic E-state index is -0.341. The van der Waals surface area contributed by atoms with Gasteiger partial charge in [-0.15, -0.1) is 0 Å². The van der Waals surface area contributed by atoms with Gasteiger partial charge >= 0.3 is 0 Å². The van der Waals surface area contributed by atoms with E-state index in [1.54, 1.807) is 0 Å². The van der Waals surface area contributed by atoms with E-state index in [9.17, 15) is 9.59 Å². The van der Waals surface area contributed by atoms with E-state index >= 15 is 0 Å². The van der Waals surface area contributed by atoms with Crippen LogP contribution in [0.1, 0.15) is 44.2 Å². The zero-order valence-electron chi connectivity index (χ0n) is 15.0. The number of carbonyl (C=O) groups is 2. The molecule has 2 saturated heterocycles. The molecular formula is C20H28N2O2. The van der Waals surface area contributed by atoms with Crippen LogP contribution in [0, 0.1) is 18.3 Å². The average molecular weight is 328 g/mol. The Morgan fingerprint density at radius 3 is 2.75 bits per heavy atom. The van der Waals surface area contributed by atoms with Crippen molar-refractivity contribution in [2.45, 2.75) is 46.6 Å². The molecule has 2 heterocycles. The Labute approximate surface area is 144 Å². The maximum absolute atomic E-state index is 13.2. The average Bonchev–Trinajstić information content (AvgIpc) is 2.96. The van der Waals surface area contributed by atoms with E-state index in [0.717, 1.165) is 32.4 Å². The zero-order valence-corrected chi connectivity index (χ0v) is 15.0. The Morgan fingerprint density at radius 2 is 2.04 bits per heavy atom. The summed E-state index contributed by atoms with van der Waals surface area (Å²) in [7, 11) is 0. The first-order valence-corrected chi connectivity index (χ1v) is 9.05. The van der Waals surface area contributed by atoms with Crippen molar-refractivity contribution >= 4 is 11.8 Å². The molecule has 0 aliphatic carbocycles. The quantitative estimate of drug-likeness (QED) is 0.856. The molecule has 0 aromatic heterocycles. The molecule has 130 valence electrons. The monoisotopic (exact) mass is 328 g/mol. The van der Waals surface area contributed by atoms with Crippen LogP contribution in [-0.4, -0.2) is 41.2 Å². The summed E-state index contributed by atoms with van der Waals surface area (Å²) in [5.74, 6) is 0.423. The van der Waals surface area contributed by atoms with Gasteiger partial charge in [0.15, 0.2) is 0 Å². The van der Waals surface area contributed by atoms with Crippen LogP contribution in [0.15, 0.2) is 24.3 Å². The van der Waals surface area contributed by atoms with Gasteiger partial charge in [-0.3, -0.25) is 9.59 Å². The molecule has 1 aromatic rings. The molecule has 1 spiro atoms. The lowest BCUT2D eigenvalue weighted by Gasteiger charge is -2.39. The Hall–Kier alpha value is -1.84. The van der Waals surface area contributed by atoms with E-state index in [1.807, 2.05) is 29.7 Å². The van der Waals surface area contributed by atoms with E-state index in [4.69, 9.17) is 0 Å².